The molecule has 0 aromatic carbocycles. The third kappa shape index (κ3) is 8.16. The molecule has 1 aliphatic rings. The molecule has 28 heavy (non-hydrogen) atoms. The fraction of sp³-hybridized carbons (Fsp3) is 0.722. The highest BCUT2D eigenvalue weighted by molar-refractivity contribution is 14.0. The van der Waals surface area contributed by atoms with Gasteiger partial charge in [-0.3, -0.25) is 9.89 Å². The van der Waals surface area contributed by atoms with Crippen molar-refractivity contribution in [1.29, 1.82) is 0 Å². The van der Waals surface area contributed by atoms with Crippen LogP contribution in [-0.2, 0) is 11.3 Å². The maximum atomic E-state index is 12.9. The van der Waals surface area contributed by atoms with E-state index in [1.165, 1.54) is 11.8 Å². The number of hydrogen-bond acceptors (Lipinski definition) is 4. The van der Waals surface area contributed by atoms with E-state index in [0.717, 1.165) is 18.1 Å². The van der Waals surface area contributed by atoms with Crippen LogP contribution in [0.1, 0.15) is 26.0 Å². The molecule has 1 aliphatic heterocycles. The summed E-state index contributed by atoms with van der Waals surface area (Å²) >= 11 is 0. The second-order valence-corrected chi connectivity index (χ2v) is 6.46. The highest BCUT2D eigenvalue weighted by atomic mass is 127. The zero-order valence-electron chi connectivity index (χ0n) is 16.4. The van der Waals surface area contributed by atoms with Gasteiger partial charge in [0.15, 0.2) is 5.96 Å². The van der Waals surface area contributed by atoms with Gasteiger partial charge < -0.3 is 19.4 Å². The van der Waals surface area contributed by atoms with Crippen molar-refractivity contribution >= 4 is 29.9 Å². The van der Waals surface area contributed by atoms with E-state index in [2.05, 4.69) is 10.3 Å². The van der Waals surface area contributed by atoms with E-state index in [-0.39, 0.29) is 24.0 Å². The highest BCUT2D eigenvalue weighted by Crippen LogP contribution is 2.25. The summed E-state index contributed by atoms with van der Waals surface area (Å²) in [5, 5.41) is 3.22. The van der Waals surface area contributed by atoms with Crippen LogP contribution in [0.15, 0.2) is 27.8 Å². The van der Waals surface area contributed by atoms with Gasteiger partial charge in [-0.25, -0.2) is 0 Å². The maximum Gasteiger partial charge on any atom is 0.403 e. The molecule has 1 aromatic rings. The largest absolute Gasteiger partial charge is 0.467 e. The topological polar surface area (TPSA) is 53.2 Å². The first-order valence-electron chi connectivity index (χ1n) is 9.36. The summed E-state index contributed by atoms with van der Waals surface area (Å²) < 4.78 is 49.3. The number of piperazine rings is 1. The van der Waals surface area contributed by atoms with Crippen LogP contribution < -0.4 is 5.32 Å². The fourth-order valence-electron chi connectivity index (χ4n) is 2.87. The Kier molecular flexibility index (Phi) is 11.2. The first kappa shape index (κ1) is 25.0. The van der Waals surface area contributed by atoms with Gasteiger partial charge in [0.25, 0.3) is 0 Å². The Balaban J connectivity index is 0.00000392. The first-order chi connectivity index (χ1) is 12.9. The smallest absolute Gasteiger partial charge is 0.403 e. The van der Waals surface area contributed by atoms with Crippen molar-refractivity contribution in [1.82, 2.24) is 15.1 Å². The van der Waals surface area contributed by atoms with E-state index in [1.807, 2.05) is 24.0 Å². The van der Waals surface area contributed by atoms with Crippen molar-refractivity contribution in [3.05, 3.63) is 24.2 Å². The quantitative estimate of drug-likeness (QED) is 0.248. The lowest BCUT2D eigenvalue weighted by Gasteiger charge is -2.39. The Morgan fingerprint density at radius 2 is 2.04 bits per heavy atom. The normalized spacial score (nSPS) is 17.3. The molecule has 0 aliphatic carbocycles. The Labute approximate surface area is 181 Å². The van der Waals surface area contributed by atoms with Crippen molar-refractivity contribution in [3.8, 4) is 0 Å². The second-order valence-electron chi connectivity index (χ2n) is 6.46. The van der Waals surface area contributed by atoms with Crippen molar-refractivity contribution in [2.24, 2.45) is 4.99 Å². The highest BCUT2D eigenvalue weighted by Gasteiger charge is 2.41. The Morgan fingerprint density at radius 1 is 1.32 bits per heavy atom. The van der Waals surface area contributed by atoms with E-state index in [1.54, 1.807) is 6.26 Å². The summed E-state index contributed by atoms with van der Waals surface area (Å²) in [6, 6.07) is 2.27. The monoisotopic (exact) mass is 518 g/mol. The van der Waals surface area contributed by atoms with E-state index >= 15 is 0 Å². The minimum atomic E-state index is -4.18. The van der Waals surface area contributed by atoms with Crippen LogP contribution in [0.4, 0.5) is 13.2 Å². The zero-order chi connectivity index (χ0) is 19.7. The molecule has 0 amide bonds. The molecular formula is C18H30F3IN4O2. The van der Waals surface area contributed by atoms with E-state index in [4.69, 9.17) is 9.15 Å². The van der Waals surface area contributed by atoms with E-state index in [9.17, 15) is 13.2 Å². The van der Waals surface area contributed by atoms with Crippen LogP contribution in [0.5, 0.6) is 0 Å². The summed E-state index contributed by atoms with van der Waals surface area (Å²) in [6.45, 7) is 7.32. The van der Waals surface area contributed by atoms with Gasteiger partial charge in [-0.2, -0.15) is 13.2 Å². The molecule has 1 N–H and O–H groups in total. The average molecular weight is 518 g/mol. The summed E-state index contributed by atoms with van der Waals surface area (Å²) in [4.78, 5) is 8.07. The Morgan fingerprint density at radius 3 is 2.61 bits per heavy atom. The predicted octanol–water partition coefficient (Wildman–Crippen LogP) is 3.34. The van der Waals surface area contributed by atoms with Crippen molar-refractivity contribution in [3.63, 3.8) is 0 Å². The van der Waals surface area contributed by atoms with E-state index < -0.39 is 12.2 Å². The van der Waals surface area contributed by atoms with Gasteiger partial charge in [0.2, 0.25) is 0 Å². The SMILES string of the molecule is CCNC(=NCCCOCc1ccco1)N1CCN(C(C)C(F)(F)F)CC1.I. The zero-order valence-corrected chi connectivity index (χ0v) is 18.7. The van der Waals surface area contributed by atoms with Crippen LogP contribution in [0.25, 0.3) is 0 Å². The summed E-state index contributed by atoms with van der Waals surface area (Å²) in [5.74, 6) is 1.54. The third-order valence-electron chi connectivity index (χ3n) is 4.50. The molecule has 0 saturated carbocycles. The predicted molar refractivity (Wildman–Crippen MR) is 113 cm³/mol. The van der Waals surface area contributed by atoms with Crippen LogP contribution >= 0.6 is 24.0 Å². The number of aliphatic imine (C=N–C) groups is 1. The molecule has 0 spiro atoms. The summed E-state index contributed by atoms with van der Waals surface area (Å²) in [7, 11) is 0. The van der Waals surface area contributed by atoms with E-state index in [0.29, 0.717) is 52.5 Å². The molecule has 162 valence electrons. The number of alkyl halides is 3. The number of nitrogens with one attached hydrogen (secondary N) is 1. The standard InChI is InChI=1S/C18H29F3N4O2.HI/c1-3-22-17(23-7-5-12-26-14-16-6-4-13-27-16)25-10-8-24(9-11-25)15(2)18(19,20)21;/h4,6,13,15H,3,5,7-12,14H2,1-2H3,(H,22,23);1H. The number of halogens is 4. The Hall–Kier alpha value is -1.01. The molecule has 10 heteroatoms. The van der Waals surface area contributed by atoms with Crippen molar-refractivity contribution < 1.29 is 22.3 Å². The third-order valence-corrected chi connectivity index (χ3v) is 4.50. The summed E-state index contributed by atoms with van der Waals surface area (Å²) in [5.41, 5.74) is 0. The van der Waals surface area contributed by atoms with Crippen molar-refractivity contribution in [2.75, 3.05) is 45.9 Å². The van der Waals surface area contributed by atoms with Crippen LogP contribution in [0.3, 0.4) is 0 Å². The van der Waals surface area contributed by atoms with Gasteiger partial charge in [0.05, 0.1) is 6.26 Å². The molecule has 0 radical (unpaired) electrons. The molecule has 1 saturated heterocycles. The first-order valence-corrected chi connectivity index (χ1v) is 9.36. The van der Waals surface area contributed by atoms with Gasteiger partial charge in [0, 0.05) is 45.9 Å². The van der Waals surface area contributed by atoms with Gasteiger partial charge in [-0.1, -0.05) is 0 Å². The van der Waals surface area contributed by atoms with Crippen LogP contribution in [-0.4, -0.2) is 73.9 Å². The average Bonchev–Trinajstić information content (AvgIpc) is 3.16. The number of hydrogen-bond donors (Lipinski definition) is 1. The molecule has 1 atom stereocenters. The lowest BCUT2D eigenvalue weighted by Crippen LogP contribution is -2.56. The lowest BCUT2D eigenvalue weighted by atomic mass is 10.2. The molecule has 2 heterocycles. The molecule has 6 nitrogen and oxygen atoms in total. The minimum Gasteiger partial charge on any atom is -0.467 e. The van der Waals surface area contributed by atoms with Gasteiger partial charge in [-0.15, -0.1) is 24.0 Å². The molecule has 1 unspecified atom stereocenters. The van der Waals surface area contributed by atoms with Gasteiger partial charge in [-0.05, 0) is 32.4 Å². The minimum absolute atomic E-state index is 0. The number of ether oxygens (including phenoxy) is 1. The molecule has 1 fully saturated rings. The lowest BCUT2D eigenvalue weighted by molar-refractivity contribution is -0.181. The van der Waals surface area contributed by atoms with Gasteiger partial charge >= 0.3 is 6.18 Å². The Bertz CT molecular complexity index is 562. The van der Waals surface area contributed by atoms with Crippen LogP contribution in [0, 0.1) is 0 Å². The molecular weight excluding hydrogens is 488 g/mol. The summed E-state index contributed by atoms with van der Waals surface area (Å²) in [6.07, 6.45) is -1.81. The number of nitrogens with zero attached hydrogens (tertiary/aromatic N) is 3. The van der Waals surface area contributed by atoms with Gasteiger partial charge in [0.1, 0.15) is 18.4 Å². The number of guanidine groups is 1. The molecule has 2 rings (SSSR count). The van der Waals surface area contributed by atoms with Crippen molar-refractivity contribution in [2.45, 2.75) is 39.1 Å². The maximum absolute atomic E-state index is 12.9. The number of furan rings is 1. The second kappa shape index (κ2) is 12.5. The molecule has 1 aromatic heterocycles. The number of rotatable bonds is 8. The fourth-order valence-corrected chi connectivity index (χ4v) is 2.87. The molecule has 0 bridgehead atoms. The van der Waals surface area contributed by atoms with Crippen LogP contribution in [0.2, 0.25) is 0 Å².